The van der Waals surface area contributed by atoms with Gasteiger partial charge >= 0.3 is 5.63 Å². The van der Waals surface area contributed by atoms with E-state index in [0.717, 1.165) is 9.86 Å². The third-order valence-corrected chi connectivity index (χ3v) is 4.40. The third-order valence-electron chi connectivity index (χ3n) is 3.91. The minimum atomic E-state index is -0.421. The largest absolute Gasteiger partial charge is 0.484 e. The second kappa shape index (κ2) is 8.37. The Labute approximate surface area is 163 Å². The molecule has 1 atom stereocenters. The highest BCUT2D eigenvalue weighted by Gasteiger charge is 2.10. The van der Waals surface area contributed by atoms with Gasteiger partial charge in [-0.3, -0.25) is 4.79 Å². The first-order valence-electron chi connectivity index (χ1n) is 8.33. The molecule has 0 fully saturated rings. The molecule has 0 saturated carbocycles. The van der Waals surface area contributed by atoms with Gasteiger partial charge in [0.05, 0.1) is 12.2 Å². The van der Waals surface area contributed by atoms with E-state index in [2.05, 4.69) is 21.2 Å². The van der Waals surface area contributed by atoms with Crippen molar-refractivity contribution in [2.45, 2.75) is 13.0 Å². The van der Waals surface area contributed by atoms with Crippen LogP contribution in [0.15, 0.2) is 62.2 Å². The average molecular weight is 432 g/mol. The fraction of sp³-hybridized carbons (Fsp3) is 0.200. The van der Waals surface area contributed by atoms with Crippen LogP contribution in [-0.4, -0.2) is 30.3 Å². The minimum absolute atomic E-state index is 0.134. The highest BCUT2D eigenvalue weighted by atomic mass is 79.9. The van der Waals surface area contributed by atoms with E-state index in [9.17, 15) is 9.59 Å². The van der Waals surface area contributed by atoms with Gasteiger partial charge in [0, 0.05) is 15.9 Å². The first-order chi connectivity index (χ1) is 13.0. The molecule has 0 spiro atoms. The summed E-state index contributed by atoms with van der Waals surface area (Å²) in [6.07, 6.45) is 0. The lowest BCUT2D eigenvalue weighted by Crippen LogP contribution is -2.38. The van der Waals surface area contributed by atoms with Crippen LogP contribution in [0.25, 0.3) is 22.1 Å². The number of fused-ring (bicyclic) bond motifs is 1. The molecular formula is C20H18BrNO5. The van der Waals surface area contributed by atoms with Crippen LogP contribution in [0.3, 0.4) is 0 Å². The quantitative estimate of drug-likeness (QED) is 0.585. The topological polar surface area (TPSA) is 88.8 Å². The lowest BCUT2D eigenvalue weighted by atomic mass is 10.1. The monoisotopic (exact) mass is 431 g/mol. The molecule has 7 heteroatoms. The first-order valence-corrected chi connectivity index (χ1v) is 9.12. The number of halogens is 1. The Hall–Kier alpha value is -2.64. The maximum absolute atomic E-state index is 12.3. The van der Waals surface area contributed by atoms with E-state index in [-0.39, 0.29) is 25.2 Å². The molecule has 1 unspecified atom stereocenters. The molecule has 27 heavy (non-hydrogen) atoms. The first kappa shape index (κ1) is 19.1. The number of aliphatic hydroxyl groups excluding tert-OH is 1. The summed E-state index contributed by atoms with van der Waals surface area (Å²) in [6.45, 7) is 1.40. The number of hydrogen-bond acceptors (Lipinski definition) is 5. The summed E-state index contributed by atoms with van der Waals surface area (Å²) < 4.78 is 11.7. The number of benzene rings is 2. The van der Waals surface area contributed by atoms with Crippen molar-refractivity contribution in [3.8, 4) is 16.9 Å². The van der Waals surface area contributed by atoms with E-state index in [1.165, 1.54) is 0 Å². The summed E-state index contributed by atoms with van der Waals surface area (Å²) in [5, 5.41) is 12.3. The van der Waals surface area contributed by atoms with Gasteiger partial charge in [0.15, 0.2) is 6.61 Å². The smallest absolute Gasteiger partial charge is 0.344 e. The minimum Gasteiger partial charge on any atom is -0.484 e. The van der Waals surface area contributed by atoms with Gasteiger partial charge < -0.3 is 19.6 Å². The zero-order valence-corrected chi connectivity index (χ0v) is 16.2. The van der Waals surface area contributed by atoms with E-state index < -0.39 is 5.63 Å². The van der Waals surface area contributed by atoms with Crippen molar-refractivity contribution in [3.05, 3.63) is 63.4 Å². The molecule has 6 nitrogen and oxygen atoms in total. The van der Waals surface area contributed by atoms with Crippen LogP contribution in [0, 0.1) is 0 Å². The van der Waals surface area contributed by atoms with Crippen molar-refractivity contribution in [3.63, 3.8) is 0 Å². The Balaban J connectivity index is 1.75. The maximum atomic E-state index is 12.3. The summed E-state index contributed by atoms with van der Waals surface area (Å²) in [5.41, 5.74) is 1.24. The summed E-state index contributed by atoms with van der Waals surface area (Å²) in [6, 6.07) is 13.7. The fourth-order valence-corrected chi connectivity index (χ4v) is 2.92. The Bertz CT molecular complexity index is 1010. The van der Waals surface area contributed by atoms with Gasteiger partial charge in [0.1, 0.15) is 11.3 Å². The molecule has 0 saturated heterocycles. The van der Waals surface area contributed by atoms with E-state index in [1.54, 1.807) is 43.3 Å². The number of hydrogen-bond donors (Lipinski definition) is 2. The zero-order chi connectivity index (χ0) is 19.4. The van der Waals surface area contributed by atoms with Crippen molar-refractivity contribution in [2.24, 2.45) is 0 Å². The van der Waals surface area contributed by atoms with E-state index >= 15 is 0 Å². The summed E-state index contributed by atoms with van der Waals surface area (Å²) in [7, 11) is 0. The molecule has 3 aromatic rings. The van der Waals surface area contributed by atoms with Gasteiger partial charge in [-0.25, -0.2) is 4.79 Å². The molecule has 140 valence electrons. The molecule has 0 bridgehead atoms. The summed E-state index contributed by atoms with van der Waals surface area (Å²) in [4.78, 5) is 23.9. The lowest BCUT2D eigenvalue weighted by molar-refractivity contribution is -0.123. The zero-order valence-electron chi connectivity index (χ0n) is 14.6. The lowest BCUT2D eigenvalue weighted by Gasteiger charge is -2.11. The highest BCUT2D eigenvalue weighted by molar-refractivity contribution is 9.10. The van der Waals surface area contributed by atoms with Crippen LogP contribution in [0.1, 0.15) is 6.92 Å². The molecule has 2 aromatic carbocycles. The highest BCUT2D eigenvalue weighted by Crippen LogP contribution is 2.25. The van der Waals surface area contributed by atoms with Gasteiger partial charge in [-0.15, -0.1) is 0 Å². The third kappa shape index (κ3) is 4.75. The Morgan fingerprint density at radius 3 is 2.67 bits per heavy atom. The van der Waals surface area contributed by atoms with Gasteiger partial charge in [-0.05, 0) is 48.9 Å². The number of nitrogens with one attached hydrogen (secondary N) is 1. The molecule has 0 aliphatic heterocycles. The van der Waals surface area contributed by atoms with Gasteiger partial charge in [-0.1, -0.05) is 28.1 Å². The molecule has 1 heterocycles. The number of aliphatic hydroxyl groups is 1. The molecule has 2 N–H and O–H groups in total. The second-order valence-corrected chi connectivity index (χ2v) is 7.01. The molecule has 0 aliphatic carbocycles. The molecular weight excluding hydrogens is 414 g/mol. The predicted octanol–water partition coefficient (Wildman–Crippen LogP) is 3.10. The van der Waals surface area contributed by atoms with Gasteiger partial charge in [0.2, 0.25) is 0 Å². The van der Waals surface area contributed by atoms with Gasteiger partial charge in [-0.2, -0.15) is 0 Å². The molecule has 1 amide bonds. The van der Waals surface area contributed by atoms with Crippen molar-refractivity contribution in [2.75, 3.05) is 13.2 Å². The Kier molecular flexibility index (Phi) is 5.93. The van der Waals surface area contributed by atoms with Crippen LogP contribution in [0.5, 0.6) is 5.75 Å². The number of carbonyl (C=O) groups excluding carboxylic acids is 1. The Morgan fingerprint density at radius 1 is 1.22 bits per heavy atom. The summed E-state index contributed by atoms with van der Waals surface area (Å²) >= 11 is 3.41. The van der Waals surface area contributed by atoms with Gasteiger partial charge in [0.25, 0.3) is 5.91 Å². The fourth-order valence-electron chi connectivity index (χ4n) is 2.54. The van der Waals surface area contributed by atoms with Crippen molar-refractivity contribution in [1.82, 2.24) is 5.32 Å². The maximum Gasteiger partial charge on any atom is 0.344 e. The van der Waals surface area contributed by atoms with Crippen molar-refractivity contribution in [1.29, 1.82) is 0 Å². The SMILES string of the molecule is CC(CO)NC(=O)COc1ccc(-c2cc3cc(Br)ccc3oc2=O)cc1. The van der Waals surface area contributed by atoms with Crippen molar-refractivity contribution >= 4 is 32.8 Å². The standard InChI is InChI=1S/C20H18BrNO5/c1-12(10-23)22-19(24)11-26-16-5-2-13(3-6-16)17-9-14-8-15(21)4-7-18(14)27-20(17)25/h2-9,12,23H,10-11H2,1H3,(H,22,24). The van der Waals surface area contributed by atoms with Crippen LogP contribution >= 0.6 is 15.9 Å². The number of ether oxygens (including phenoxy) is 1. The molecule has 3 rings (SSSR count). The van der Waals surface area contributed by atoms with Crippen molar-refractivity contribution < 1.29 is 19.1 Å². The van der Waals surface area contributed by atoms with Crippen LogP contribution in [0.4, 0.5) is 0 Å². The molecule has 0 radical (unpaired) electrons. The Morgan fingerprint density at radius 2 is 1.96 bits per heavy atom. The molecule has 1 aromatic heterocycles. The van der Waals surface area contributed by atoms with Crippen LogP contribution in [-0.2, 0) is 4.79 Å². The van der Waals surface area contributed by atoms with E-state index in [1.807, 2.05) is 12.1 Å². The number of amides is 1. The normalized spacial score (nSPS) is 12.0. The van der Waals surface area contributed by atoms with E-state index in [0.29, 0.717) is 22.5 Å². The number of rotatable bonds is 6. The van der Waals surface area contributed by atoms with Crippen LogP contribution < -0.4 is 15.7 Å². The van der Waals surface area contributed by atoms with E-state index in [4.69, 9.17) is 14.3 Å². The number of carbonyl (C=O) groups is 1. The summed E-state index contributed by atoms with van der Waals surface area (Å²) in [5.74, 6) is 0.180. The van der Waals surface area contributed by atoms with Crippen LogP contribution in [0.2, 0.25) is 0 Å². The average Bonchev–Trinajstić information content (AvgIpc) is 2.66. The molecule has 0 aliphatic rings. The predicted molar refractivity (Wildman–Crippen MR) is 106 cm³/mol. The second-order valence-electron chi connectivity index (χ2n) is 6.09.